The van der Waals surface area contributed by atoms with E-state index in [1.165, 1.54) is 5.56 Å². The number of nitrogens with zero attached hydrogens (tertiary/aromatic N) is 1. The first kappa shape index (κ1) is 23.6. The Labute approximate surface area is 183 Å². The fourth-order valence-electron chi connectivity index (χ4n) is 2.98. The first-order chi connectivity index (χ1) is 12.2. The van der Waals surface area contributed by atoms with Gasteiger partial charge in [-0.1, -0.05) is 19.0 Å². The third kappa shape index (κ3) is 7.26. The molecule has 1 aromatic heterocycles. The summed E-state index contributed by atoms with van der Waals surface area (Å²) in [6.07, 6.45) is 7.62. The molecule has 26 heavy (non-hydrogen) atoms. The molecule has 2 rings (SSSR count). The Morgan fingerprint density at radius 3 is 2.69 bits per heavy atom. The maximum atomic E-state index is 9.91. The maximum absolute atomic E-state index is 9.91. The molecule has 1 unspecified atom stereocenters. The van der Waals surface area contributed by atoms with E-state index in [-0.39, 0.29) is 38.5 Å². The van der Waals surface area contributed by atoms with Crippen molar-refractivity contribution in [3.8, 4) is 0 Å². The Hall–Kier alpha value is -0.486. The molecule has 1 aliphatic carbocycles. The predicted octanol–water partition coefficient (Wildman–Crippen LogP) is 4.83. The SMILES string of the molecule is CCc1ccc(CCCCOCCC([NH-])C(O)=C2CCC2)nc1NC.[Y]. The van der Waals surface area contributed by atoms with E-state index in [2.05, 4.69) is 29.4 Å². The number of hydrogen-bond acceptors (Lipinski definition) is 4. The second-order valence-electron chi connectivity index (χ2n) is 6.67. The van der Waals surface area contributed by atoms with Gasteiger partial charge in [0.2, 0.25) is 0 Å². The van der Waals surface area contributed by atoms with Gasteiger partial charge in [-0.05, 0) is 68.6 Å². The minimum atomic E-state index is -0.517. The van der Waals surface area contributed by atoms with Gasteiger partial charge in [-0.25, -0.2) is 4.98 Å². The van der Waals surface area contributed by atoms with E-state index in [1.807, 2.05) is 7.05 Å². The molecule has 1 radical (unpaired) electrons. The first-order valence-corrected chi connectivity index (χ1v) is 9.52. The van der Waals surface area contributed by atoms with Gasteiger partial charge in [-0.2, -0.15) is 0 Å². The monoisotopic (exact) mass is 435 g/mol. The van der Waals surface area contributed by atoms with Crippen molar-refractivity contribution in [1.29, 1.82) is 0 Å². The molecule has 1 aromatic rings. The predicted molar refractivity (Wildman–Crippen MR) is 103 cm³/mol. The van der Waals surface area contributed by atoms with Crippen LogP contribution in [0.2, 0.25) is 0 Å². The Kier molecular flexibility index (Phi) is 11.6. The van der Waals surface area contributed by atoms with Crippen molar-refractivity contribution in [2.75, 3.05) is 25.6 Å². The Balaban J connectivity index is 0.00000338. The van der Waals surface area contributed by atoms with Crippen molar-refractivity contribution in [1.82, 2.24) is 4.98 Å². The van der Waals surface area contributed by atoms with Crippen molar-refractivity contribution in [3.63, 3.8) is 0 Å². The quantitative estimate of drug-likeness (QED) is 0.386. The number of nitrogens with one attached hydrogen (secondary N) is 2. The van der Waals surface area contributed by atoms with Crippen LogP contribution in [0.3, 0.4) is 0 Å². The fourth-order valence-corrected chi connectivity index (χ4v) is 2.98. The third-order valence-corrected chi connectivity index (χ3v) is 4.83. The molecule has 1 fully saturated rings. The smallest absolute Gasteiger partial charge is 0.129 e. The summed E-state index contributed by atoms with van der Waals surface area (Å²) in [5, 5.41) is 13.1. The van der Waals surface area contributed by atoms with E-state index in [0.29, 0.717) is 19.6 Å². The van der Waals surface area contributed by atoms with Crippen molar-refractivity contribution < 1.29 is 42.6 Å². The number of rotatable bonds is 11. The van der Waals surface area contributed by atoms with E-state index in [0.717, 1.165) is 62.0 Å². The van der Waals surface area contributed by atoms with Crippen LogP contribution in [0.4, 0.5) is 5.82 Å². The largest absolute Gasteiger partial charge is 0.668 e. The van der Waals surface area contributed by atoms with Crippen LogP contribution in [0.25, 0.3) is 5.73 Å². The molecule has 0 bridgehead atoms. The van der Waals surface area contributed by atoms with Gasteiger partial charge in [-0.15, -0.1) is 0 Å². The number of unbranched alkanes of at least 4 members (excludes halogenated alkanes) is 1. The second-order valence-corrected chi connectivity index (χ2v) is 6.67. The van der Waals surface area contributed by atoms with E-state index in [9.17, 15) is 5.11 Å². The topological polar surface area (TPSA) is 78.2 Å². The molecule has 1 heterocycles. The van der Waals surface area contributed by atoms with Crippen LogP contribution >= 0.6 is 0 Å². The summed E-state index contributed by atoms with van der Waals surface area (Å²) < 4.78 is 5.62. The number of aryl methyl sites for hydroxylation is 2. The molecular formula is C20H32N3O2Y-. The van der Waals surface area contributed by atoms with Crippen LogP contribution < -0.4 is 5.32 Å². The van der Waals surface area contributed by atoms with E-state index >= 15 is 0 Å². The summed E-state index contributed by atoms with van der Waals surface area (Å²) in [6, 6.07) is 3.75. The molecule has 5 nitrogen and oxygen atoms in total. The number of aromatic nitrogens is 1. The van der Waals surface area contributed by atoms with Gasteiger partial charge >= 0.3 is 0 Å². The van der Waals surface area contributed by atoms with Gasteiger partial charge in [0.25, 0.3) is 0 Å². The second kappa shape index (κ2) is 12.8. The Bertz CT molecular complexity index is 572. The van der Waals surface area contributed by atoms with Gasteiger partial charge in [0.1, 0.15) is 5.82 Å². The number of allylic oxidation sites excluding steroid dienone is 1. The molecule has 143 valence electrons. The van der Waals surface area contributed by atoms with Crippen molar-refractivity contribution in [2.24, 2.45) is 0 Å². The van der Waals surface area contributed by atoms with Gasteiger partial charge in [0.15, 0.2) is 0 Å². The molecule has 0 amide bonds. The average molecular weight is 435 g/mol. The van der Waals surface area contributed by atoms with Crippen molar-refractivity contribution in [3.05, 3.63) is 40.5 Å². The summed E-state index contributed by atoms with van der Waals surface area (Å²) in [4.78, 5) is 4.66. The fraction of sp³-hybridized carbons (Fsp3) is 0.650. The van der Waals surface area contributed by atoms with Crippen LogP contribution in [0.15, 0.2) is 23.5 Å². The number of aliphatic hydroxyl groups excluding tert-OH is 1. The number of pyridine rings is 1. The Morgan fingerprint density at radius 1 is 1.31 bits per heavy atom. The summed E-state index contributed by atoms with van der Waals surface area (Å²) in [5.41, 5.74) is 11.4. The first-order valence-electron chi connectivity index (χ1n) is 9.52. The van der Waals surface area contributed by atoms with Crippen molar-refractivity contribution in [2.45, 2.75) is 64.3 Å². The number of hydrogen-bond donors (Lipinski definition) is 2. The number of ether oxygens (including phenoxy) is 1. The minimum absolute atomic E-state index is 0. The molecule has 0 aliphatic heterocycles. The molecular weight excluding hydrogens is 403 g/mol. The van der Waals surface area contributed by atoms with E-state index < -0.39 is 6.04 Å². The summed E-state index contributed by atoms with van der Waals surface area (Å²) in [7, 11) is 1.91. The summed E-state index contributed by atoms with van der Waals surface area (Å²) >= 11 is 0. The van der Waals surface area contributed by atoms with Crippen LogP contribution in [0.5, 0.6) is 0 Å². The average Bonchev–Trinajstić information content (AvgIpc) is 2.58. The maximum Gasteiger partial charge on any atom is 0.129 e. The van der Waals surface area contributed by atoms with Gasteiger partial charge in [0.05, 0.1) is 5.76 Å². The number of anilines is 1. The molecule has 0 saturated heterocycles. The van der Waals surface area contributed by atoms with Crippen LogP contribution in [0, 0.1) is 0 Å². The third-order valence-electron chi connectivity index (χ3n) is 4.83. The van der Waals surface area contributed by atoms with Crippen LogP contribution in [0.1, 0.15) is 56.7 Å². The summed E-state index contributed by atoms with van der Waals surface area (Å²) in [6.45, 7) is 3.38. The molecule has 6 heteroatoms. The standard InChI is InChI=1S/C20H32N3O2.Y/c1-3-15-10-11-17(23-20(15)22-2)9-4-5-13-25-14-12-18(21)19(24)16-7-6-8-16;/h10-11,18,21,24H,3-9,12-14H2,1-2H3,(H,22,23);/q-1;. The normalized spacial score (nSPS) is 14.3. The molecule has 1 saturated carbocycles. The summed E-state index contributed by atoms with van der Waals surface area (Å²) in [5.74, 6) is 1.27. The zero-order chi connectivity index (χ0) is 18.1. The molecule has 1 atom stereocenters. The molecule has 3 N–H and O–H groups in total. The van der Waals surface area contributed by atoms with Gasteiger partial charge < -0.3 is 20.9 Å². The molecule has 0 aromatic carbocycles. The van der Waals surface area contributed by atoms with E-state index in [1.54, 1.807) is 0 Å². The van der Waals surface area contributed by atoms with Crippen LogP contribution in [-0.2, 0) is 50.3 Å². The van der Waals surface area contributed by atoms with Gasteiger partial charge in [0, 0.05) is 58.7 Å². The van der Waals surface area contributed by atoms with Gasteiger partial charge in [-0.3, -0.25) is 0 Å². The Morgan fingerprint density at radius 2 is 2.08 bits per heavy atom. The zero-order valence-electron chi connectivity index (χ0n) is 16.2. The minimum Gasteiger partial charge on any atom is -0.668 e. The van der Waals surface area contributed by atoms with Crippen LogP contribution in [-0.4, -0.2) is 36.4 Å². The zero-order valence-corrected chi connectivity index (χ0v) is 19.0. The molecule has 1 aliphatic rings. The van der Waals surface area contributed by atoms with E-state index in [4.69, 9.17) is 10.5 Å². The van der Waals surface area contributed by atoms with Crippen molar-refractivity contribution >= 4 is 5.82 Å². The molecule has 0 spiro atoms. The number of aliphatic hydroxyl groups is 1.